The van der Waals surface area contributed by atoms with Crippen molar-refractivity contribution in [2.45, 2.75) is 13.0 Å². The molecule has 2 nitrogen and oxygen atoms in total. The molecule has 84 valence electrons. The molecule has 1 heterocycles. The summed E-state index contributed by atoms with van der Waals surface area (Å²) in [5, 5.41) is 3.29. The minimum atomic E-state index is 0.176. The van der Waals surface area contributed by atoms with Gasteiger partial charge in [-0.05, 0) is 43.3 Å². The van der Waals surface area contributed by atoms with E-state index in [2.05, 4.69) is 46.4 Å². The fourth-order valence-electron chi connectivity index (χ4n) is 1.90. The fourth-order valence-corrected chi connectivity index (χ4v) is 2.52. The van der Waals surface area contributed by atoms with Crippen molar-refractivity contribution >= 4 is 15.9 Å². The summed E-state index contributed by atoms with van der Waals surface area (Å²) >= 11 is 3.52. The lowest BCUT2D eigenvalue weighted by Crippen LogP contribution is -2.17. The van der Waals surface area contributed by atoms with Crippen LogP contribution in [0.4, 0.5) is 0 Å². The molecule has 2 aromatic rings. The number of nitrogens with one attached hydrogen (secondary N) is 1. The molecule has 0 spiro atoms. The Morgan fingerprint density at radius 1 is 1.25 bits per heavy atom. The number of benzene rings is 1. The van der Waals surface area contributed by atoms with Gasteiger partial charge in [0.05, 0.1) is 18.6 Å². The summed E-state index contributed by atoms with van der Waals surface area (Å²) in [6, 6.07) is 8.57. The quantitative estimate of drug-likeness (QED) is 0.928. The van der Waals surface area contributed by atoms with Gasteiger partial charge in [-0.15, -0.1) is 0 Å². The molecule has 0 saturated carbocycles. The van der Waals surface area contributed by atoms with Crippen molar-refractivity contribution in [3.63, 3.8) is 0 Å². The van der Waals surface area contributed by atoms with Crippen molar-refractivity contribution in [3.8, 4) is 0 Å². The van der Waals surface area contributed by atoms with Crippen molar-refractivity contribution in [3.05, 3.63) is 58.0 Å². The third-order valence-corrected chi connectivity index (χ3v) is 3.02. The molecule has 1 aromatic carbocycles. The van der Waals surface area contributed by atoms with Gasteiger partial charge in [0.1, 0.15) is 0 Å². The lowest BCUT2D eigenvalue weighted by molar-refractivity contribution is 0.557. The van der Waals surface area contributed by atoms with Crippen LogP contribution in [-0.4, -0.2) is 7.05 Å². The van der Waals surface area contributed by atoms with Crippen LogP contribution in [0.3, 0.4) is 0 Å². The maximum absolute atomic E-state index is 5.13. The average molecular weight is 280 g/mol. The van der Waals surface area contributed by atoms with Gasteiger partial charge in [-0.2, -0.15) is 0 Å². The molecule has 0 fully saturated rings. The average Bonchev–Trinajstić information content (AvgIpc) is 2.70. The van der Waals surface area contributed by atoms with E-state index >= 15 is 0 Å². The molecule has 0 saturated heterocycles. The summed E-state index contributed by atoms with van der Waals surface area (Å²) in [6.07, 6.45) is 3.47. The molecule has 3 heteroatoms. The molecule has 0 bridgehead atoms. The third-order valence-electron chi connectivity index (χ3n) is 2.56. The second-order valence-corrected chi connectivity index (χ2v) is 4.76. The van der Waals surface area contributed by atoms with E-state index in [1.807, 2.05) is 13.1 Å². The monoisotopic (exact) mass is 279 g/mol. The predicted molar refractivity (Wildman–Crippen MR) is 68.5 cm³/mol. The van der Waals surface area contributed by atoms with Crippen molar-refractivity contribution in [2.75, 3.05) is 7.05 Å². The first-order valence-corrected chi connectivity index (χ1v) is 5.96. The molecule has 1 unspecified atom stereocenters. The van der Waals surface area contributed by atoms with E-state index in [0.29, 0.717) is 0 Å². The van der Waals surface area contributed by atoms with Crippen LogP contribution in [0.1, 0.15) is 22.7 Å². The normalized spacial score (nSPS) is 12.7. The SMILES string of the molecule is CNC(c1ccoc1)c1cc(C)cc(Br)c1. The lowest BCUT2D eigenvalue weighted by Gasteiger charge is -2.16. The summed E-state index contributed by atoms with van der Waals surface area (Å²) in [5.41, 5.74) is 3.61. The third kappa shape index (κ3) is 2.36. The van der Waals surface area contributed by atoms with Crippen LogP contribution in [0.25, 0.3) is 0 Å². The van der Waals surface area contributed by atoms with Crippen LogP contribution in [-0.2, 0) is 0 Å². The van der Waals surface area contributed by atoms with Gasteiger partial charge in [-0.25, -0.2) is 0 Å². The van der Waals surface area contributed by atoms with Crippen LogP contribution >= 0.6 is 15.9 Å². The van der Waals surface area contributed by atoms with Gasteiger partial charge in [-0.1, -0.05) is 22.0 Å². The Labute approximate surface area is 104 Å². The van der Waals surface area contributed by atoms with E-state index in [4.69, 9.17) is 4.42 Å². The van der Waals surface area contributed by atoms with Crippen molar-refractivity contribution in [2.24, 2.45) is 0 Å². The highest BCUT2D eigenvalue weighted by Crippen LogP contribution is 2.25. The zero-order valence-corrected chi connectivity index (χ0v) is 10.9. The number of furan rings is 1. The zero-order valence-electron chi connectivity index (χ0n) is 9.33. The van der Waals surface area contributed by atoms with Gasteiger partial charge in [0, 0.05) is 10.0 Å². The molecule has 1 N–H and O–H groups in total. The van der Waals surface area contributed by atoms with E-state index in [1.54, 1.807) is 12.5 Å². The Hall–Kier alpha value is -1.06. The summed E-state index contributed by atoms with van der Waals surface area (Å²) < 4.78 is 6.23. The van der Waals surface area contributed by atoms with E-state index in [0.717, 1.165) is 10.0 Å². The summed E-state index contributed by atoms with van der Waals surface area (Å²) in [5.74, 6) is 0. The molecule has 0 aliphatic heterocycles. The largest absolute Gasteiger partial charge is 0.472 e. The molecule has 0 radical (unpaired) electrons. The maximum Gasteiger partial charge on any atom is 0.0953 e. The number of hydrogen-bond acceptors (Lipinski definition) is 2. The van der Waals surface area contributed by atoms with Gasteiger partial charge in [-0.3, -0.25) is 0 Å². The number of hydrogen-bond donors (Lipinski definition) is 1. The maximum atomic E-state index is 5.13. The van der Waals surface area contributed by atoms with Gasteiger partial charge in [0.25, 0.3) is 0 Å². The van der Waals surface area contributed by atoms with Gasteiger partial charge >= 0.3 is 0 Å². The molecule has 2 rings (SSSR count). The molecular weight excluding hydrogens is 266 g/mol. The fraction of sp³-hybridized carbons (Fsp3) is 0.231. The van der Waals surface area contributed by atoms with E-state index in [-0.39, 0.29) is 6.04 Å². The van der Waals surface area contributed by atoms with Gasteiger partial charge in [0.2, 0.25) is 0 Å². The highest BCUT2D eigenvalue weighted by molar-refractivity contribution is 9.10. The molecule has 1 aromatic heterocycles. The first-order chi connectivity index (χ1) is 7.70. The number of halogens is 1. The molecule has 0 amide bonds. The Kier molecular flexibility index (Phi) is 3.46. The van der Waals surface area contributed by atoms with Crippen LogP contribution in [0.5, 0.6) is 0 Å². The Morgan fingerprint density at radius 2 is 2.06 bits per heavy atom. The first-order valence-electron chi connectivity index (χ1n) is 5.17. The number of rotatable bonds is 3. The summed E-state index contributed by atoms with van der Waals surface area (Å²) in [6.45, 7) is 2.09. The van der Waals surface area contributed by atoms with Crippen molar-refractivity contribution < 1.29 is 4.42 Å². The molecule has 16 heavy (non-hydrogen) atoms. The zero-order chi connectivity index (χ0) is 11.5. The Balaban J connectivity index is 2.41. The van der Waals surface area contributed by atoms with Crippen LogP contribution in [0.2, 0.25) is 0 Å². The van der Waals surface area contributed by atoms with Crippen LogP contribution < -0.4 is 5.32 Å². The number of aryl methyl sites for hydroxylation is 1. The highest BCUT2D eigenvalue weighted by Gasteiger charge is 2.13. The van der Waals surface area contributed by atoms with Crippen LogP contribution in [0, 0.1) is 6.92 Å². The molecule has 0 aliphatic rings. The van der Waals surface area contributed by atoms with Gasteiger partial charge in [0.15, 0.2) is 0 Å². The first kappa shape index (κ1) is 11.4. The molecule has 1 atom stereocenters. The minimum Gasteiger partial charge on any atom is -0.472 e. The second kappa shape index (κ2) is 4.85. The van der Waals surface area contributed by atoms with E-state index < -0.39 is 0 Å². The molecular formula is C13H14BrNO. The van der Waals surface area contributed by atoms with Gasteiger partial charge < -0.3 is 9.73 Å². The molecule has 0 aliphatic carbocycles. The minimum absolute atomic E-state index is 0.176. The van der Waals surface area contributed by atoms with E-state index in [1.165, 1.54) is 11.1 Å². The van der Waals surface area contributed by atoms with Crippen molar-refractivity contribution in [1.29, 1.82) is 0 Å². The summed E-state index contributed by atoms with van der Waals surface area (Å²) in [7, 11) is 1.95. The topological polar surface area (TPSA) is 25.2 Å². The Morgan fingerprint density at radius 3 is 2.62 bits per heavy atom. The lowest BCUT2D eigenvalue weighted by atomic mass is 10.00. The summed E-state index contributed by atoms with van der Waals surface area (Å²) in [4.78, 5) is 0. The smallest absolute Gasteiger partial charge is 0.0953 e. The van der Waals surface area contributed by atoms with Crippen LogP contribution in [0.15, 0.2) is 45.7 Å². The second-order valence-electron chi connectivity index (χ2n) is 3.84. The highest BCUT2D eigenvalue weighted by atomic mass is 79.9. The Bertz CT molecular complexity index is 445. The standard InChI is InChI=1S/C13H14BrNO/c1-9-5-11(7-12(14)6-9)13(15-2)10-3-4-16-8-10/h3-8,13,15H,1-2H3. The predicted octanol–water partition coefficient (Wildman–Crippen LogP) is 3.66. The van der Waals surface area contributed by atoms with Crippen molar-refractivity contribution in [1.82, 2.24) is 5.32 Å². The van der Waals surface area contributed by atoms with E-state index in [9.17, 15) is 0 Å².